The maximum atomic E-state index is 14.1. The van der Waals surface area contributed by atoms with Crippen LogP contribution in [0.1, 0.15) is 31.9 Å². The summed E-state index contributed by atoms with van der Waals surface area (Å²) in [4.78, 5) is 27.0. The van der Waals surface area contributed by atoms with Crippen LogP contribution in [0.2, 0.25) is 0 Å². The summed E-state index contributed by atoms with van der Waals surface area (Å²) in [6.07, 6.45) is -11.8. The first-order valence-corrected chi connectivity index (χ1v) is 12.8. The number of rotatable bonds is 5. The van der Waals surface area contributed by atoms with E-state index in [9.17, 15) is 45.4 Å². The third-order valence-corrected chi connectivity index (χ3v) is 6.29. The van der Waals surface area contributed by atoms with E-state index in [0.29, 0.717) is 6.07 Å². The average molecular weight is 634 g/mol. The van der Waals surface area contributed by atoms with E-state index in [2.05, 4.69) is 10.3 Å². The zero-order chi connectivity index (χ0) is 32.8. The van der Waals surface area contributed by atoms with Crippen LogP contribution < -0.4 is 9.64 Å². The second-order valence-electron chi connectivity index (χ2n) is 11.2. The predicted octanol–water partition coefficient (Wildman–Crippen LogP) is 5.74. The number of carbonyl (C=O) groups excluding carboxylic acids is 2. The number of aliphatic hydroxyl groups is 1. The monoisotopic (exact) mass is 633 g/mol. The number of amides is 2. The Hall–Kier alpha value is -4.41. The number of benzene rings is 2. The van der Waals surface area contributed by atoms with Crippen LogP contribution in [0.15, 0.2) is 42.6 Å². The van der Waals surface area contributed by atoms with E-state index in [0.717, 1.165) is 47.1 Å². The van der Waals surface area contributed by atoms with Crippen molar-refractivity contribution in [1.82, 2.24) is 19.9 Å². The van der Waals surface area contributed by atoms with Crippen LogP contribution in [-0.2, 0) is 23.6 Å². The largest absolute Gasteiger partial charge is 0.444 e. The van der Waals surface area contributed by atoms with E-state index >= 15 is 0 Å². The van der Waals surface area contributed by atoms with Crippen molar-refractivity contribution < 1.29 is 54.9 Å². The molecule has 1 aliphatic rings. The van der Waals surface area contributed by atoms with Crippen molar-refractivity contribution in [1.29, 1.82) is 0 Å². The molecule has 3 aromatic rings. The quantitative estimate of drug-likeness (QED) is 0.357. The maximum Gasteiger partial charge on any atom is 0.420 e. The van der Waals surface area contributed by atoms with E-state index in [4.69, 9.17) is 9.47 Å². The van der Waals surface area contributed by atoms with Crippen LogP contribution in [0.5, 0.6) is 5.75 Å². The van der Waals surface area contributed by atoms with E-state index in [1.54, 1.807) is 20.8 Å². The van der Waals surface area contributed by atoms with Gasteiger partial charge < -0.3 is 19.5 Å². The van der Waals surface area contributed by atoms with Crippen molar-refractivity contribution in [2.45, 2.75) is 50.9 Å². The number of likely N-dealkylation sites (tertiary alicyclic amines) is 1. The maximum absolute atomic E-state index is 14.1. The number of hydrogen-bond donors (Lipinski definition) is 1. The predicted molar refractivity (Wildman–Crippen MR) is 139 cm³/mol. The van der Waals surface area contributed by atoms with Crippen molar-refractivity contribution in [2.75, 3.05) is 25.0 Å². The van der Waals surface area contributed by atoms with Gasteiger partial charge in [0.15, 0.2) is 5.75 Å². The van der Waals surface area contributed by atoms with Crippen LogP contribution in [-0.4, -0.2) is 68.5 Å². The van der Waals surface area contributed by atoms with Crippen LogP contribution >= 0.6 is 0 Å². The Bertz CT molecular complexity index is 1540. The van der Waals surface area contributed by atoms with Gasteiger partial charge in [-0.05, 0) is 57.2 Å². The molecule has 0 radical (unpaired) electrons. The molecule has 1 saturated heterocycles. The summed E-state index contributed by atoms with van der Waals surface area (Å²) in [5.41, 5.74) is -7.36. The standard InChI is InChI=1S/C27H26F7N5O5/c1-24(2,3)44-23(41)38-12-25(42,13-38)14-39-11-20(35-36-39)18-9-15(26(29,30)31)10-19(27(32,33)34)21(18)43-22(40)37(4)17-7-5-16(28)6-8-17/h5-11,42H,12-14H2,1-4H3. The molecule has 0 saturated carbocycles. The Kier molecular flexibility index (Phi) is 8.32. The summed E-state index contributed by atoms with van der Waals surface area (Å²) >= 11 is 0. The zero-order valence-electron chi connectivity index (χ0n) is 23.6. The summed E-state index contributed by atoms with van der Waals surface area (Å²) in [6, 6.07) is 4.35. The van der Waals surface area contributed by atoms with Crippen molar-refractivity contribution in [3.05, 3.63) is 59.5 Å². The lowest BCUT2D eigenvalue weighted by Gasteiger charge is -2.46. The van der Waals surface area contributed by atoms with Gasteiger partial charge in [0.2, 0.25) is 0 Å². The molecule has 1 aliphatic heterocycles. The average Bonchev–Trinajstić information content (AvgIpc) is 3.32. The van der Waals surface area contributed by atoms with Gasteiger partial charge in [-0.3, -0.25) is 4.90 Å². The van der Waals surface area contributed by atoms with Crippen LogP contribution in [0, 0.1) is 5.82 Å². The van der Waals surface area contributed by atoms with Gasteiger partial charge in [-0.2, -0.15) is 26.3 Å². The number of alkyl halides is 6. The van der Waals surface area contributed by atoms with Crippen molar-refractivity contribution in [3.63, 3.8) is 0 Å². The van der Waals surface area contributed by atoms with Crippen molar-refractivity contribution in [3.8, 4) is 17.0 Å². The molecule has 2 amide bonds. The van der Waals surface area contributed by atoms with Gasteiger partial charge in [0, 0.05) is 18.3 Å². The summed E-state index contributed by atoms with van der Waals surface area (Å²) < 4.78 is 108. The summed E-state index contributed by atoms with van der Waals surface area (Å²) in [5, 5.41) is 18.2. The van der Waals surface area contributed by atoms with Gasteiger partial charge >= 0.3 is 24.5 Å². The number of carbonyl (C=O) groups is 2. The highest BCUT2D eigenvalue weighted by Crippen LogP contribution is 2.46. The van der Waals surface area contributed by atoms with Gasteiger partial charge in [0.05, 0.1) is 37.0 Å². The first-order chi connectivity index (χ1) is 20.1. The molecule has 0 spiro atoms. The molecular weight excluding hydrogens is 607 g/mol. The fraction of sp³-hybridized carbons (Fsp3) is 0.407. The molecule has 238 valence electrons. The van der Waals surface area contributed by atoms with Gasteiger partial charge in [-0.1, -0.05) is 5.21 Å². The summed E-state index contributed by atoms with van der Waals surface area (Å²) in [6.45, 7) is 4.22. The van der Waals surface area contributed by atoms with Crippen LogP contribution in [0.25, 0.3) is 11.3 Å². The third-order valence-electron chi connectivity index (χ3n) is 6.29. The highest BCUT2D eigenvalue weighted by molar-refractivity contribution is 5.90. The van der Waals surface area contributed by atoms with E-state index in [-0.39, 0.29) is 31.4 Å². The Morgan fingerprint density at radius 2 is 1.64 bits per heavy atom. The lowest BCUT2D eigenvalue weighted by Crippen LogP contribution is -2.65. The normalized spacial score (nSPS) is 15.0. The van der Waals surface area contributed by atoms with Gasteiger partial charge in [0.25, 0.3) is 0 Å². The lowest BCUT2D eigenvalue weighted by atomic mass is 9.95. The topological polar surface area (TPSA) is 110 Å². The molecule has 2 heterocycles. The molecule has 10 nitrogen and oxygen atoms in total. The molecule has 1 aromatic heterocycles. The first-order valence-electron chi connectivity index (χ1n) is 12.8. The number of aromatic nitrogens is 3. The van der Waals surface area contributed by atoms with Crippen molar-refractivity contribution in [2.24, 2.45) is 0 Å². The van der Waals surface area contributed by atoms with Gasteiger partial charge in [-0.15, -0.1) is 5.10 Å². The van der Waals surface area contributed by atoms with E-state index < -0.39 is 69.7 Å². The second-order valence-corrected chi connectivity index (χ2v) is 11.2. The Labute approximate surface area is 245 Å². The molecule has 17 heteroatoms. The molecule has 1 N–H and O–H groups in total. The van der Waals surface area contributed by atoms with E-state index in [1.165, 1.54) is 4.90 Å². The van der Waals surface area contributed by atoms with E-state index in [1.807, 2.05) is 0 Å². The molecular formula is C27H26F7N5O5. The zero-order valence-corrected chi connectivity index (χ0v) is 23.6. The molecule has 2 aromatic carbocycles. The molecule has 1 fully saturated rings. The minimum Gasteiger partial charge on any atom is -0.444 e. The lowest BCUT2D eigenvalue weighted by molar-refractivity contribution is -0.143. The summed E-state index contributed by atoms with van der Waals surface area (Å²) in [5.74, 6) is -1.94. The minimum absolute atomic E-state index is 0.0125. The number of ether oxygens (including phenoxy) is 2. The molecule has 0 bridgehead atoms. The Morgan fingerprint density at radius 3 is 2.18 bits per heavy atom. The number of hydrogen-bond acceptors (Lipinski definition) is 7. The highest BCUT2D eigenvalue weighted by Gasteiger charge is 2.46. The molecule has 4 rings (SSSR count). The van der Waals surface area contributed by atoms with Gasteiger partial charge in [0.1, 0.15) is 22.7 Å². The Balaban J connectivity index is 1.67. The van der Waals surface area contributed by atoms with Crippen LogP contribution in [0.3, 0.4) is 0 Å². The molecule has 44 heavy (non-hydrogen) atoms. The van der Waals surface area contributed by atoms with Gasteiger partial charge in [-0.25, -0.2) is 18.7 Å². The minimum atomic E-state index is -5.41. The highest BCUT2D eigenvalue weighted by atomic mass is 19.4. The first kappa shape index (κ1) is 32.5. The number of anilines is 1. The molecule has 0 aliphatic carbocycles. The fourth-order valence-electron chi connectivity index (χ4n) is 4.25. The SMILES string of the molecule is CN(C(=O)Oc1c(-c2cn(CC3(O)CN(C(=O)OC(C)(C)C)C3)nn2)cc(C(F)(F)F)cc1C(F)(F)F)c1ccc(F)cc1. The third kappa shape index (κ3) is 7.38. The Morgan fingerprint density at radius 1 is 1.02 bits per heavy atom. The number of β-amino-alcohol motifs (C(OH)–C–C–N with tert-alkyl or cyclic N) is 1. The number of nitrogens with zero attached hydrogens (tertiary/aromatic N) is 5. The molecule has 0 atom stereocenters. The van der Waals surface area contributed by atoms with Crippen molar-refractivity contribution >= 4 is 17.9 Å². The smallest absolute Gasteiger partial charge is 0.420 e. The molecule has 0 unspecified atom stereocenters. The second kappa shape index (κ2) is 11.3. The summed E-state index contributed by atoms with van der Waals surface area (Å²) in [7, 11) is 1.10. The fourth-order valence-corrected chi connectivity index (χ4v) is 4.25. The number of halogens is 7. The van der Waals surface area contributed by atoms with Crippen LogP contribution in [0.4, 0.5) is 46.0 Å².